The largest absolute Gasteiger partial charge is 0.378 e. The van der Waals surface area contributed by atoms with Crippen LogP contribution in [0.25, 0.3) is 11.0 Å². The fourth-order valence-corrected chi connectivity index (χ4v) is 2.30. The van der Waals surface area contributed by atoms with E-state index in [1.165, 1.54) is 12.1 Å². The zero-order valence-corrected chi connectivity index (χ0v) is 11.2. The first kappa shape index (κ1) is 13.4. The summed E-state index contributed by atoms with van der Waals surface area (Å²) in [4.78, 5) is 16.5. The molecule has 0 fully saturated rings. The highest BCUT2D eigenvalue weighted by Gasteiger charge is 2.12. The van der Waals surface area contributed by atoms with E-state index < -0.39 is 11.6 Å². The van der Waals surface area contributed by atoms with Gasteiger partial charge in [0.1, 0.15) is 11.6 Å². The summed E-state index contributed by atoms with van der Waals surface area (Å²) in [6, 6.07) is 8.45. The molecular formula is C15H13F2N3O. The Kier molecular flexibility index (Phi) is 3.21. The molecule has 1 aromatic heterocycles. The third kappa shape index (κ3) is 2.65. The van der Waals surface area contributed by atoms with E-state index in [0.717, 1.165) is 11.8 Å². The van der Waals surface area contributed by atoms with Gasteiger partial charge in [-0.25, -0.2) is 13.6 Å². The van der Waals surface area contributed by atoms with Crippen molar-refractivity contribution < 1.29 is 8.78 Å². The lowest BCUT2D eigenvalue weighted by Gasteiger charge is -2.16. The number of anilines is 1. The lowest BCUT2D eigenvalue weighted by Crippen LogP contribution is -2.08. The molecule has 108 valence electrons. The summed E-state index contributed by atoms with van der Waals surface area (Å²) in [6.45, 7) is 1.78. The highest BCUT2D eigenvalue weighted by Crippen LogP contribution is 2.23. The summed E-state index contributed by atoms with van der Waals surface area (Å²) >= 11 is 0. The number of aromatic nitrogens is 2. The monoisotopic (exact) mass is 289 g/mol. The number of fused-ring (bicyclic) bond motifs is 1. The predicted octanol–water partition coefficient (Wildman–Crippen LogP) is 3.31. The molecule has 0 amide bonds. The van der Waals surface area contributed by atoms with E-state index >= 15 is 0 Å². The normalized spacial score (nSPS) is 12.5. The van der Waals surface area contributed by atoms with Crippen molar-refractivity contribution in [1.29, 1.82) is 0 Å². The number of hydrogen-bond acceptors (Lipinski definition) is 2. The minimum atomic E-state index is -0.602. The van der Waals surface area contributed by atoms with Crippen molar-refractivity contribution in [2.24, 2.45) is 0 Å². The van der Waals surface area contributed by atoms with E-state index in [0.29, 0.717) is 16.6 Å². The Morgan fingerprint density at radius 1 is 1.05 bits per heavy atom. The Morgan fingerprint density at radius 2 is 1.81 bits per heavy atom. The van der Waals surface area contributed by atoms with Gasteiger partial charge in [-0.2, -0.15) is 0 Å². The van der Waals surface area contributed by atoms with Gasteiger partial charge in [0.2, 0.25) is 0 Å². The number of halogens is 2. The Labute approximate surface area is 118 Å². The van der Waals surface area contributed by atoms with Gasteiger partial charge >= 0.3 is 5.69 Å². The first-order chi connectivity index (χ1) is 10.0. The summed E-state index contributed by atoms with van der Waals surface area (Å²) in [6.07, 6.45) is 0. The molecule has 3 rings (SSSR count). The van der Waals surface area contributed by atoms with Gasteiger partial charge in [-0.1, -0.05) is 6.07 Å². The third-order valence-electron chi connectivity index (χ3n) is 3.33. The van der Waals surface area contributed by atoms with Gasteiger partial charge < -0.3 is 15.3 Å². The first-order valence-corrected chi connectivity index (χ1v) is 6.46. The van der Waals surface area contributed by atoms with Crippen LogP contribution in [0.1, 0.15) is 18.5 Å². The average Bonchev–Trinajstić information content (AvgIpc) is 2.77. The van der Waals surface area contributed by atoms with Gasteiger partial charge in [-0.05, 0) is 31.2 Å². The van der Waals surface area contributed by atoms with Crippen LogP contribution in [-0.4, -0.2) is 9.97 Å². The van der Waals surface area contributed by atoms with Crippen molar-refractivity contribution >= 4 is 16.7 Å². The average molecular weight is 289 g/mol. The molecular weight excluding hydrogens is 276 g/mol. The van der Waals surface area contributed by atoms with E-state index in [1.807, 2.05) is 0 Å². The number of rotatable bonds is 3. The second-order valence-corrected chi connectivity index (χ2v) is 4.87. The molecule has 1 heterocycles. The summed E-state index contributed by atoms with van der Waals surface area (Å²) in [5.74, 6) is -1.19. The zero-order valence-electron chi connectivity index (χ0n) is 11.2. The number of nitrogens with one attached hydrogen (secondary N) is 3. The van der Waals surface area contributed by atoms with Crippen molar-refractivity contribution in [3.8, 4) is 0 Å². The summed E-state index contributed by atoms with van der Waals surface area (Å²) in [7, 11) is 0. The molecule has 4 nitrogen and oxygen atoms in total. The van der Waals surface area contributed by atoms with Crippen molar-refractivity contribution in [3.63, 3.8) is 0 Å². The van der Waals surface area contributed by atoms with E-state index in [-0.39, 0.29) is 11.7 Å². The molecule has 0 saturated carbocycles. The maximum Gasteiger partial charge on any atom is 0.323 e. The predicted molar refractivity (Wildman–Crippen MR) is 77.3 cm³/mol. The standard InChI is InChI=1S/C15H13F2N3O/c1-8(11-4-2-9(16)6-12(11)17)18-10-3-5-13-14(7-10)20-15(21)19-13/h2-8,18H,1H3,(H2,19,20,21). The quantitative estimate of drug-likeness (QED) is 0.692. The van der Waals surface area contributed by atoms with Gasteiger partial charge in [0, 0.05) is 17.3 Å². The summed E-state index contributed by atoms with van der Waals surface area (Å²) < 4.78 is 26.6. The lowest BCUT2D eigenvalue weighted by molar-refractivity contribution is 0.566. The number of benzene rings is 2. The second-order valence-electron chi connectivity index (χ2n) is 4.87. The van der Waals surface area contributed by atoms with Crippen LogP contribution in [0.15, 0.2) is 41.2 Å². The van der Waals surface area contributed by atoms with Gasteiger partial charge in [0.25, 0.3) is 0 Å². The van der Waals surface area contributed by atoms with Gasteiger partial charge in [-0.15, -0.1) is 0 Å². The molecule has 0 aliphatic carbocycles. The molecule has 6 heteroatoms. The Balaban J connectivity index is 1.88. The Bertz CT molecular complexity index is 853. The fourth-order valence-electron chi connectivity index (χ4n) is 2.30. The van der Waals surface area contributed by atoms with Crippen LogP contribution >= 0.6 is 0 Å². The Morgan fingerprint density at radius 3 is 2.57 bits per heavy atom. The van der Waals surface area contributed by atoms with Crippen LogP contribution in [0.4, 0.5) is 14.5 Å². The Hall–Kier alpha value is -2.63. The molecule has 3 N–H and O–H groups in total. The molecule has 21 heavy (non-hydrogen) atoms. The molecule has 0 radical (unpaired) electrons. The zero-order chi connectivity index (χ0) is 15.0. The molecule has 0 spiro atoms. The second kappa shape index (κ2) is 5.05. The van der Waals surface area contributed by atoms with Crippen LogP contribution in [0.2, 0.25) is 0 Å². The molecule has 0 saturated heterocycles. The number of H-pyrrole nitrogens is 2. The summed E-state index contributed by atoms with van der Waals surface area (Å²) in [5.41, 5.74) is 2.19. The molecule has 1 atom stereocenters. The highest BCUT2D eigenvalue weighted by atomic mass is 19.1. The first-order valence-electron chi connectivity index (χ1n) is 6.46. The van der Waals surface area contributed by atoms with Gasteiger partial charge in [0.05, 0.1) is 17.1 Å². The third-order valence-corrected chi connectivity index (χ3v) is 3.33. The lowest BCUT2D eigenvalue weighted by atomic mass is 10.1. The van der Waals surface area contributed by atoms with Crippen molar-refractivity contribution in [1.82, 2.24) is 9.97 Å². The van der Waals surface area contributed by atoms with Crippen LogP contribution in [0.3, 0.4) is 0 Å². The van der Waals surface area contributed by atoms with Crippen molar-refractivity contribution in [2.75, 3.05) is 5.32 Å². The van der Waals surface area contributed by atoms with Crippen LogP contribution in [-0.2, 0) is 0 Å². The minimum absolute atomic E-state index is 0.278. The van der Waals surface area contributed by atoms with Crippen LogP contribution in [0, 0.1) is 11.6 Å². The molecule has 3 aromatic rings. The van der Waals surface area contributed by atoms with Crippen molar-refractivity contribution in [3.05, 3.63) is 64.1 Å². The van der Waals surface area contributed by atoms with E-state index in [9.17, 15) is 13.6 Å². The number of imidazole rings is 1. The SMILES string of the molecule is CC(Nc1ccc2[nH]c(=O)[nH]c2c1)c1ccc(F)cc1F. The maximum absolute atomic E-state index is 13.7. The van der Waals surface area contributed by atoms with E-state index in [2.05, 4.69) is 15.3 Å². The number of hydrogen-bond donors (Lipinski definition) is 3. The molecule has 0 bridgehead atoms. The maximum atomic E-state index is 13.7. The molecule has 0 aliphatic heterocycles. The minimum Gasteiger partial charge on any atom is -0.378 e. The summed E-state index contributed by atoms with van der Waals surface area (Å²) in [5, 5.41) is 3.12. The van der Waals surface area contributed by atoms with Gasteiger partial charge in [-0.3, -0.25) is 0 Å². The van der Waals surface area contributed by atoms with Crippen molar-refractivity contribution in [2.45, 2.75) is 13.0 Å². The number of aromatic amines is 2. The molecule has 1 unspecified atom stereocenters. The topological polar surface area (TPSA) is 60.7 Å². The fraction of sp³-hybridized carbons (Fsp3) is 0.133. The van der Waals surface area contributed by atoms with E-state index in [1.54, 1.807) is 25.1 Å². The molecule has 2 aromatic carbocycles. The van der Waals surface area contributed by atoms with Crippen LogP contribution < -0.4 is 11.0 Å². The smallest absolute Gasteiger partial charge is 0.323 e. The highest BCUT2D eigenvalue weighted by molar-refractivity contribution is 5.78. The molecule has 0 aliphatic rings. The van der Waals surface area contributed by atoms with E-state index in [4.69, 9.17) is 0 Å². The van der Waals surface area contributed by atoms with Crippen LogP contribution in [0.5, 0.6) is 0 Å². The van der Waals surface area contributed by atoms with Gasteiger partial charge in [0.15, 0.2) is 0 Å².